The first-order valence-corrected chi connectivity index (χ1v) is 6.14. The van der Waals surface area contributed by atoms with Gasteiger partial charge < -0.3 is 9.75 Å². The van der Waals surface area contributed by atoms with E-state index in [-0.39, 0.29) is 23.5 Å². The summed E-state index contributed by atoms with van der Waals surface area (Å²) < 4.78 is 32.1. The summed E-state index contributed by atoms with van der Waals surface area (Å²) in [5, 5.41) is 1.32. The number of halogens is 3. The summed E-state index contributed by atoms with van der Waals surface area (Å²) in [6.07, 6.45) is 3.68. The van der Waals surface area contributed by atoms with Gasteiger partial charge in [-0.1, -0.05) is 11.6 Å². The topological polar surface area (TPSA) is 37.4 Å². The largest absolute Gasteiger partial charge is 0.382 e. The molecule has 19 heavy (non-hydrogen) atoms. The number of pyridine rings is 1. The van der Waals surface area contributed by atoms with Crippen LogP contribution in [0.25, 0.3) is 0 Å². The molecule has 4 nitrogen and oxygen atoms in total. The van der Waals surface area contributed by atoms with Crippen molar-refractivity contribution in [2.45, 2.75) is 19.0 Å². The van der Waals surface area contributed by atoms with E-state index >= 15 is 0 Å². The molecule has 1 aromatic heterocycles. The second-order valence-electron chi connectivity index (χ2n) is 4.27. The van der Waals surface area contributed by atoms with Crippen LogP contribution in [0.4, 0.5) is 8.78 Å². The molecule has 0 bridgehead atoms. The number of rotatable bonds is 4. The molecule has 1 aliphatic heterocycles. The minimum absolute atomic E-state index is 0.0412. The Hall–Kier alpha value is -1.24. The Labute approximate surface area is 115 Å². The maximum absolute atomic E-state index is 13.9. The Balaban J connectivity index is 2.34. The van der Waals surface area contributed by atoms with Gasteiger partial charge in [0.15, 0.2) is 11.0 Å². The summed E-state index contributed by atoms with van der Waals surface area (Å²) in [5.74, 6) is -1.63. The van der Waals surface area contributed by atoms with Crippen LogP contribution < -0.4 is 5.43 Å². The first-order valence-electron chi connectivity index (χ1n) is 5.76. The number of nitrogens with zero attached hydrogens (tertiary/aromatic N) is 2. The Morgan fingerprint density at radius 2 is 2.26 bits per heavy atom. The van der Waals surface area contributed by atoms with Crippen LogP contribution in [0.5, 0.6) is 0 Å². The molecule has 2 rings (SSSR count). The number of hydrazine groups is 1. The van der Waals surface area contributed by atoms with E-state index < -0.39 is 17.7 Å². The van der Waals surface area contributed by atoms with Crippen LogP contribution in [0.1, 0.15) is 18.7 Å². The van der Waals surface area contributed by atoms with Crippen LogP contribution >= 0.6 is 11.6 Å². The maximum atomic E-state index is 13.9. The molecule has 1 N–H and O–H groups in total. The molecule has 0 fully saturated rings. The summed E-state index contributed by atoms with van der Waals surface area (Å²) in [7, 11) is 1.50. The molecule has 0 aromatic carbocycles. The highest BCUT2D eigenvalue weighted by atomic mass is 35.5. The van der Waals surface area contributed by atoms with E-state index in [4.69, 9.17) is 16.3 Å². The summed E-state index contributed by atoms with van der Waals surface area (Å²) in [6.45, 7) is 2.14. The summed E-state index contributed by atoms with van der Waals surface area (Å²) >= 11 is 5.61. The lowest BCUT2D eigenvalue weighted by molar-refractivity contribution is 0.0887. The quantitative estimate of drug-likeness (QED) is 0.864. The van der Waals surface area contributed by atoms with Crippen molar-refractivity contribution < 1.29 is 13.5 Å². The molecule has 7 heteroatoms. The fourth-order valence-corrected chi connectivity index (χ4v) is 2.02. The van der Waals surface area contributed by atoms with Crippen LogP contribution in [0, 0.1) is 11.6 Å². The van der Waals surface area contributed by atoms with Crippen LogP contribution in [0.2, 0.25) is 5.15 Å². The van der Waals surface area contributed by atoms with Gasteiger partial charge in [-0.3, -0.25) is 0 Å². The third-order valence-corrected chi connectivity index (χ3v) is 3.04. The number of hydrogen-bond donors (Lipinski definition) is 1. The molecule has 1 aliphatic rings. The Kier molecular flexibility index (Phi) is 4.34. The highest BCUT2D eigenvalue weighted by Gasteiger charge is 2.27. The molecule has 0 radical (unpaired) electrons. The van der Waals surface area contributed by atoms with Crippen LogP contribution in [0.15, 0.2) is 18.3 Å². The van der Waals surface area contributed by atoms with Gasteiger partial charge >= 0.3 is 0 Å². The molecule has 2 atom stereocenters. The third-order valence-electron chi connectivity index (χ3n) is 2.78. The lowest BCUT2D eigenvalue weighted by atomic mass is 10.2. The van der Waals surface area contributed by atoms with Gasteiger partial charge in [-0.15, -0.1) is 0 Å². The lowest BCUT2D eigenvalue weighted by Gasteiger charge is -2.28. The fourth-order valence-electron chi connectivity index (χ4n) is 1.88. The third kappa shape index (κ3) is 3.02. The maximum Gasteiger partial charge on any atom is 0.165 e. The number of methoxy groups -OCH3 is 1. The molecular formula is C12H14ClF2N3O. The van der Waals surface area contributed by atoms with Crippen LogP contribution in [-0.4, -0.2) is 29.8 Å². The molecule has 0 spiro atoms. The van der Waals surface area contributed by atoms with Gasteiger partial charge in [0.05, 0.1) is 6.61 Å². The van der Waals surface area contributed by atoms with Crippen molar-refractivity contribution in [3.63, 3.8) is 0 Å². The normalized spacial score (nSPS) is 20.1. The minimum atomic E-state index is -0.877. The molecule has 2 unspecified atom stereocenters. The predicted molar refractivity (Wildman–Crippen MR) is 67.4 cm³/mol. The molecule has 104 valence electrons. The van der Waals surface area contributed by atoms with Gasteiger partial charge in [0.25, 0.3) is 0 Å². The van der Waals surface area contributed by atoms with Crippen LogP contribution in [-0.2, 0) is 4.74 Å². The molecule has 1 aromatic rings. The Morgan fingerprint density at radius 3 is 2.84 bits per heavy atom. The van der Waals surface area contributed by atoms with Gasteiger partial charge in [0.2, 0.25) is 0 Å². The SMILES string of the molecule is COCC(c1nc(Cl)c(F)cc1F)N1C=CC(C)N1. The molecule has 0 saturated carbocycles. The Morgan fingerprint density at radius 1 is 1.53 bits per heavy atom. The summed E-state index contributed by atoms with van der Waals surface area (Å²) in [6, 6.07) is 0.332. The standard InChI is InChI=1S/C12H14ClF2N3O/c1-7-3-4-18(17-7)10(6-19-2)11-8(14)5-9(15)12(13)16-11/h3-5,7,10,17H,6H2,1-2H3. The second kappa shape index (κ2) is 5.81. The zero-order valence-electron chi connectivity index (χ0n) is 10.5. The van der Waals surface area contributed by atoms with Gasteiger partial charge in [0, 0.05) is 25.4 Å². The van der Waals surface area contributed by atoms with Crippen molar-refractivity contribution in [2.75, 3.05) is 13.7 Å². The highest BCUT2D eigenvalue weighted by Crippen LogP contribution is 2.26. The molecule has 0 saturated heterocycles. The highest BCUT2D eigenvalue weighted by molar-refractivity contribution is 6.29. The van der Waals surface area contributed by atoms with E-state index in [9.17, 15) is 8.78 Å². The van der Waals surface area contributed by atoms with E-state index in [2.05, 4.69) is 10.4 Å². The molecular weight excluding hydrogens is 276 g/mol. The van der Waals surface area contributed by atoms with E-state index in [0.717, 1.165) is 6.07 Å². The van der Waals surface area contributed by atoms with Crippen LogP contribution in [0.3, 0.4) is 0 Å². The van der Waals surface area contributed by atoms with Crippen molar-refractivity contribution in [3.05, 3.63) is 40.8 Å². The zero-order valence-corrected chi connectivity index (χ0v) is 11.3. The predicted octanol–water partition coefficient (Wildman–Crippen LogP) is 2.42. The van der Waals surface area contributed by atoms with E-state index in [1.807, 2.05) is 13.0 Å². The number of ether oxygens (including phenoxy) is 1. The van der Waals surface area contributed by atoms with Crippen molar-refractivity contribution in [2.24, 2.45) is 0 Å². The fraction of sp³-hybridized carbons (Fsp3) is 0.417. The zero-order chi connectivity index (χ0) is 14.0. The number of nitrogens with one attached hydrogen (secondary N) is 1. The first-order chi connectivity index (χ1) is 9.02. The minimum Gasteiger partial charge on any atom is -0.382 e. The summed E-state index contributed by atoms with van der Waals surface area (Å²) in [5.41, 5.74) is 3.14. The van der Waals surface area contributed by atoms with Crippen molar-refractivity contribution in [1.29, 1.82) is 0 Å². The second-order valence-corrected chi connectivity index (χ2v) is 4.62. The average molecular weight is 290 g/mol. The van der Waals surface area contributed by atoms with E-state index in [1.165, 1.54) is 7.11 Å². The molecule has 2 heterocycles. The van der Waals surface area contributed by atoms with Gasteiger partial charge in [-0.2, -0.15) is 0 Å². The Bertz CT molecular complexity index is 498. The van der Waals surface area contributed by atoms with Gasteiger partial charge in [-0.25, -0.2) is 19.2 Å². The lowest BCUT2D eigenvalue weighted by Crippen LogP contribution is -2.39. The van der Waals surface area contributed by atoms with E-state index in [0.29, 0.717) is 0 Å². The van der Waals surface area contributed by atoms with Gasteiger partial charge in [-0.05, 0) is 13.0 Å². The number of aromatic nitrogens is 1. The van der Waals surface area contributed by atoms with Crippen molar-refractivity contribution in [1.82, 2.24) is 15.4 Å². The van der Waals surface area contributed by atoms with Crippen molar-refractivity contribution in [3.8, 4) is 0 Å². The van der Waals surface area contributed by atoms with E-state index in [1.54, 1.807) is 11.2 Å². The van der Waals surface area contributed by atoms with Gasteiger partial charge in [0.1, 0.15) is 17.6 Å². The molecule has 0 aliphatic carbocycles. The summed E-state index contributed by atoms with van der Waals surface area (Å²) in [4.78, 5) is 3.78. The first kappa shape index (κ1) is 14.2. The number of hydrogen-bond acceptors (Lipinski definition) is 4. The average Bonchev–Trinajstić information content (AvgIpc) is 2.78. The molecule has 0 amide bonds. The monoisotopic (exact) mass is 289 g/mol. The van der Waals surface area contributed by atoms with Crippen molar-refractivity contribution >= 4 is 11.6 Å². The smallest absolute Gasteiger partial charge is 0.165 e.